The van der Waals surface area contributed by atoms with Crippen molar-refractivity contribution in [1.29, 1.82) is 0 Å². The van der Waals surface area contributed by atoms with Crippen LogP contribution in [0.15, 0.2) is 35.3 Å². The van der Waals surface area contributed by atoms with Gasteiger partial charge in [0, 0.05) is 41.5 Å². The lowest BCUT2D eigenvalue weighted by atomic mass is 10.1. The molecule has 0 saturated heterocycles. The summed E-state index contributed by atoms with van der Waals surface area (Å²) >= 11 is 1.58. The van der Waals surface area contributed by atoms with Crippen LogP contribution in [0.2, 0.25) is 0 Å². The van der Waals surface area contributed by atoms with Crippen LogP contribution in [-0.4, -0.2) is 43.1 Å². The van der Waals surface area contributed by atoms with Crippen LogP contribution in [0.3, 0.4) is 0 Å². The van der Waals surface area contributed by atoms with E-state index in [9.17, 15) is 9.59 Å². The van der Waals surface area contributed by atoms with Crippen LogP contribution in [0, 0.1) is 0 Å². The molecule has 0 atom stereocenters. The van der Waals surface area contributed by atoms with Gasteiger partial charge in [0.1, 0.15) is 0 Å². The molecule has 3 aromatic rings. The third-order valence-electron chi connectivity index (χ3n) is 4.70. The van der Waals surface area contributed by atoms with Crippen LogP contribution < -0.4 is 25.7 Å². The molecule has 8 nitrogen and oxygen atoms in total. The molecular formula is C21H25N3O5S. The van der Waals surface area contributed by atoms with Crippen molar-refractivity contribution in [2.75, 3.05) is 27.3 Å². The highest BCUT2D eigenvalue weighted by molar-refractivity contribution is 7.19. The second kappa shape index (κ2) is 9.64. The fraction of sp³-hybridized carbons (Fsp3) is 0.333. The van der Waals surface area contributed by atoms with Crippen molar-refractivity contribution in [1.82, 2.24) is 15.2 Å². The fourth-order valence-corrected chi connectivity index (χ4v) is 4.37. The zero-order valence-electron chi connectivity index (χ0n) is 17.2. The Bertz CT molecular complexity index is 1110. The third-order valence-corrected chi connectivity index (χ3v) is 5.87. The molecule has 1 amide bonds. The maximum atomic E-state index is 12.7. The molecule has 160 valence electrons. The largest absolute Gasteiger partial charge is 0.493 e. The standard InChI is InChI=1S/C21H25N3O5S/c1-24-12-16(13-5-6-17(28-2)18(9-13)29-3)19-15(20(24)25)10-14(30-19)11-22-7-4-8-23-21(26)27/h5-6,9-10,12,22-23H,4,7-8,11H2,1-3H3,(H,26,27). The smallest absolute Gasteiger partial charge is 0.404 e. The van der Waals surface area contributed by atoms with Gasteiger partial charge in [-0.25, -0.2) is 4.79 Å². The van der Waals surface area contributed by atoms with Crippen molar-refractivity contribution in [3.63, 3.8) is 0 Å². The number of carboxylic acid groups (broad SMARTS) is 1. The molecular weight excluding hydrogens is 406 g/mol. The molecule has 2 heterocycles. The summed E-state index contributed by atoms with van der Waals surface area (Å²) in [4.78, 5) is 24.2. The maximum Gasteiger partial charge on any atom is 0.404 e. The Morgan fingerprint density at radius 2 is 1.93 bits per heavy atom. The number of hydrogen-bond acceptors (Lipinski definition) is 6. The number of nitrogens with zero attached hydrogens (tertiary/aromatic N) is 1. The first-order valence-corrected chi connectivity index (χ1v) is 10.3. The molecule has 0 aliphatic heterocycles. The maximum absolute atomic E-state index is 12.7. The first kappa shape index (κ1) is 21.7. The van der Waals surface area contributed by atoms with Gasteiger partial charge in [-0.2, -0.15) is 0 Å². The number of aryl methyl sites for hydroxylation is 1. The zero-order chi connectivity index (χ0) is 21.7. The zero-order valence-corrected chi connectivity index (χ0v) is 18.0. The van der Waals surface area contributed by atoms with Gasteiger partial charge in [0.05, 0.1) is 19.6 Å². The minimum Gasteiger partial charge on any atom is -0.493 e. The van der Waals surface area contributed by atoms with E-state index < -0.39 is 6.09 Å². The van der Waals surface area contributed by atoms with Crippen molar-refractivity contribution < 1.29 is 19.4 Å². The molecule has 0 radical (unpaired) electrons. The summed E-state index contributed by atoms with van der Waals surface area (Å²) in [7, 11) is 4.94. The van der Waals surface area contributed by atoms with Gasteiger partial charge in [0.15, 0.2) is 11.5 Å². The van der Waals surface area contributed by atoms with Crippen molar-refractivity contribution in [3.05, 3.63) is 45.7 Å². The highest BCUT2D eigenvalue weighted by atomic mass is 32.1. The lowest BCUT2D eigenvalue weighted by molar-refractivity contribution is 0.194. The molecule has 0 aliphatic carbocycles. The van der Waals surface area contributed by atoms with E-state index in [1.54, 1.807) is 37.2 Å². The van der Waals surface area contributed by atoms with Crippen LogP contribution in [0.5, 0.6) is 11.5 Å². The second-order valence-electron chi connectivity index (χ2n) is 6.75. The van der Waals surface area contributed by atoms with E-state index >= 15 is 0 Å². The molecule has 0 aliphatic rings. The lowest BCUT2D eigenvalue weighted by Gasteiger charge is -2.11. The number of pyridine rings is 1. The summed E-state index contributed by atoms with van der Waals surface area (Å²) in [6.07, 6.45) is 1.52. The monoisotopic (exact) mass is 431 g/mol. The number of thiophene rings is 1. The Hall–Kier alpha value is -3.04. The third kappa shape index (κ3) is 4.74. The Kier molecular flexibility index (Phi) is 6.96. The minimum absolute atomic E-state index is 0.0395. The van der Waals surface area contributed by atoms with Gasteiger partial charge in [0.25, 0.3) is 5.56 Å². The van der Waals surface area contributed by atoms with Gasteiger partial charge in [0.2, 0.25) is 0 Å². The van der Waals surface area contributed by atoms with Crippen LogP contribution in [0.25, 0.3) is 21.2 Å². The lowest BCUT2D eigenvalue weighted by Crippen LogP contribution is -2.25. The van der Waals surface area contributed by atoms with Crippen LogP contribution in [0.4, 0.5) is 4.79 Å². The average molecular weight is 432 g/mol. The van der Waals surface area contributed by atoms with Gasteiger partial charge in [-0.15, -0.1) is 11.3 Å². The Morgan fingerprint density at radius 1 is 1.17 bits per heavy atom. The highest BCUT2D eigenvalue weighted by Gasteiger charge is 2.15. The number of amides is 1. The molecule has 30 heavy (non-hydrogen) atoms. The molecule has 2 aromatic heterocycles. The van der Waals surface area contributed by atoms with E-state index in [0.717, 1.165) is 20.7 Å². The summed E-state index contributed by atoms with van der Waals surface area (Å²) in [6.45, 7) is 1.69. The predicted molar refractivity (Wildman–Crippen MR) is 118 cm³/mol. The fourth-order valence-electron chi connectivity index (χ4n) is 3.22. The van der Waals surface area contributed by atoms with Crippen LogP contribution in [0.1, 0.15) is 11.3 Å². The number of nitrogens with one attached hydrogen (secondary N) is 2. The first-order chi connectivity index (χ1) is 14.4. The van der Waals surface area contributed by atoms with E-state index in [4.69, 9.17) is 14.6 Å². The Balaban J connectivity index is 1.87. The Labute approximate surface area is 178 Å². The van der Waals surface area contributed by atoms with Gasteiger partial charge < -0.3 is 29.8 Å². The SMILES string of the molecule is COc1ccc(-c2cn(C)c(=O)c3cc(CNCCCNC(=O)O)sc23)cc1OC. The van der Waals surface area contributed by atoms with E-state index in [0.29, 0.717) is 42.9 Å². The van der Waals surface area contributed by atoms with Crippen molar-refractivity contribution in [2.45, 2.75) is 13.0 Å². The molecule has 3 rings (SSSR count). The van der Waals surface area contributed by atoms with E-state index in [1.807, 2.05) is 30.5 Å². The van der Waals surface area contributed by atoms with Crippen LogP contribution in [-0.2, 0) is 13.6 Å². The quantitative estimate of drug-likeness (QED) is 0.450. The molecule has 0 spiro atoms. The molecule has 0 saturated carbocycles. The minimum atomic E-state index is -1.02. The molecule has 9 heteroatoms. The van der Waals surface area contributed by atoms with Gasteiger partial charge >= 0.3 is 6.09 Å². The summed E-state index contributed by atoms with van der Waals surface area (Å²) < 4.78 is 13.3. The number of carbonyl (C=O) groups is 1. The van der Waals surface area contributed by atoms with Crippen molar-refractivity contribution >= 4 is 27.5 Å². The first-order valence-electron chi connectivity index (χ1n) is 9.46. The normalized spacial score (nSPS) is 10.9. The van der Waals surface area contributed by atoms with E-state index in [1.165, 1.54) is 0 Å². The van der Waals surface area contributed by atoms with Gasteiger partial charge in [-0.3, -0.25) is 4.79 Å². The predicted octanol–water partition coefficient (Wildman–Crippen LogP) is 3.03. The number of benzene rings is 1. The number of hydrogen-bond donors (Lipinski definition) is 3. The second-order valence-corrected chi connectivity index (χ2v) is 7.88. The summed E-state index contributed by atoms with van der Waals surface area (Å²) in [5.74, 6) is 1.28. The van der Waals surface area contributed by atoms with Crippen molar-refractivity contribution in [3.8, 4) is 22.6 Å². The van der Waals surface area contributed by atoms with Crippen molar-refractivity contribution in [2.24, 2.45) is 7.05 Å². The number of ether oxygens (including phenoxy) is 2. The van der Waals surface area contributed by atoms with Gasteiger partial charge in [-0.1, -0.05) is 6.07 Å². The molecule has 1 aromatic carbocycles. The number of rotatable bonds is 9. The molecule has 0 unspecified atom stereocenters. The average Bonchev–Trinajstić information content (AvgIpc) is 3.17. The van der Waals surface area contributed by atoms with E-state index in [2.05, 4.69) is 10.6 Å². The molecule has 0 fully saturated rings. The number of methoxy groups -OCH3 is 2. The van der Waals surface area contributed by atoms with Gasteiger partial charge in [-0.05, 0) is 36.7 Å². The van der Waals surface area contributed by atoms with Crippen LogP contribution >= 0.6 is 11.3 Å². The summed E-state index contributed by atoms with van der Waals surface area (Å²) in [6, 6.07) is 7.64. The summed E-state index contributed by atoms with van der Waals surface area (Å²) in [5, 5.41) is 14.9. The molecule has 3 N–H and O–H groups in total. The summed E-state index contributed by atoms with van der Waals surface area (Å²) in [5.41, 5.74) is 1.85. The Morgan fingerprint density at radius 3 is 2.63 bits per heavy atom. The number of fused-ring (bicyclic) bond motifs is 1. The van der Waals surface area contributed by atoms with E-state index in [-0.39, 0.29) is 5.56 Å². The molecule has 0 bridgehead atoms. The number of aromatic nitrogens is 1. The topological polar surface area (TPSA) is 102 Å². The highest BCUT2D eigenvalue weighted by Crippen LogP contribution is 2.37.